The molecule has 0 aliphatic rings. The Morgan fingerprint density at radius 2 is 1.72 bits per heavy atom. The van der Waals surface area contributed by atoms with E-state index in [1.807, 2.05) is 17.6 Å². The highest BCUT2D eigenvalue weighted by molar-refractivity contribution is 7.14. The molecule has 2 heterocycles. The minimum absolute atomic E-state index is 0.116. The van der Waals surface area contributed by atoms with Gasteiger partial charge in [-0.3, -0.25) is 4.79 Å². The van der Waals surface area contributed by atoms with E-state index in [0.717, 1.165) is 17.0 Å². The summed E-state index contributed by atoms with van der Waals surface area (Å²) in [6.07, 6.45) is 1.19. The first-order valence-corrected chi connectivity index (χ1v) is 13.0. The molecule has 10 heteroatoms. The molecule has 202 valence electrons. The van der Waals surface area contributed by atoms with E-state index in [2.05, 4.69) is 0 Å². The molecule has 0 aliphatic carbocycles. The van der Waals surface area contributed by atoms with Crippen LogP contribution in [0.5, 0.6) is 0 Å². The third kappa shape index (κ3) is 6.16. The first-order chi connectivity index (χ1) is 18.5. The second-order valence-corrected chi connectivity index (χ2v) is 9.69. The Kier molecular flexibility index (Phi) is 9.22. The van der Waals surface area contributed by atoms with Gasteiger partial charge in [-0.15, -0.1) is 11.3 Å². The summed E-state index contributed by atoms with van der Waals surface area (Å²) >= 11 is 0.977. The summed E-state index contributed by atoms with van der Waals surface area (Å²) in [7, 11) is 0. The third-order valence-electron chi connectivity index (χ3n) is 6.02. The first-order valence-electron chi connectivity index (χ1n) is 12.2. The highest BCUT2D eigenvalue weighted by Gasteiger charge is 2.28. The summed E-state index contributed by atoms with van der Waals surface area (Å²) in [6, 6.07) is 10.2. The summed E-state index contributed by atoms with van der Waals surface area (Å²) in [5.74, 6) is -2.83. The van der Waals surface area contributed by atoms with Crippen molar-refractivity contribution in [3.63, 3.8) is 0 Å². The maximum absolute atomic E-state index is 13.3. The Hall–Kier alpha value is -4.49. The number of hydrogen-bond donors (Lipinski definition) is 1. The van der Waals surface area contributed by atoms with Crippen LogP contribution in [0, 0.1) is 32.1 Å². The number of carbonyl (C=O) groups is 4. The fourth-order valence-corrected chi connectivity index (χ4v) is 5.43. The van der Waals surface area contributed by atoms with Crippen molar-refractivity contribution in [2.45, 2.75) is 41.0 Å². The second-order valence-electron chi connectivity index (χ2n) is 8.58. The second kappa shape index (κ2) is 12.4. The predicted molar refractivity (Wildman–Crippen MR) is 145 cm³/mol. The number of aromatic carboxylic acids is 1. The number of rotatable bonds is 10. The number of aryl methyl sites for hydroxylation is 1. The van der Waals surface area contributed by atoms with Gasteiger partial charge in [0.1, 0.15) is 10.9 Å². The van der Waals surface area contributed by atoms with Crippen molar-refractivity contribution < 1.29 is 33.8 Å². The fourth-order valence-electron chi connectivity index (χ4n) is 4.24. The normalized spacial score (nSPS) is 11.1. The molecule has 1 aromatic carbocycles. The fraction of sp³-hybridized carbons (Fsp3) is 0.276. The molecular weight excluding hydrogens is 520 g/mol. The molecule has 9 nitrogen and oxygen atoms in total. The van der Waals surface area contributed by atoms with Gasteiger partial charge in [0, 0.05) is 28.4 Å². The average molecular weight is 549 g/mol. The summed E-state index contributed by atoms with van der Waals surface area (Å²) in [5.41, 5.74) is 3.24. The number of aromatic nitrogens is 1. The molecule has 0 unspecified atom stereocenters. The first kappa shape index (κ1) is 29.1. The van der Waals surface area contributed by atoms with Crippen molar-refractivity contribution in [3.05, 3.63) is 79.3 Å². The van der Waals surface area contributed by atoms with Gasteiger partial charge in [-0.25, -0.2) is 14.4 Å². The zero-order valence-electron chi connectivity index (χ0n) is 22.3. The van der Waals surface area contributed by atoms with E-state index in [9.17, 15) is 29.5 Å². The number of allylic oxidation sites excluding steroid dienone is 1. The van der Waals surface area contributed by atoms with E-state index in [0.29, 0.717) is 27.4 Å². The minimum Gasteiger partial charge on any atom is -0.478 e. The number of esters is 2. The van der Waals surface area contributed by atoms with Crippen LogP contribution in [0.25, 0.3) is 11.8 Å². The van der Waals surface area contributed by atoms with Gasteiger partial charge in [0.25, 0.3) is 0 Å². The van der Waals surface area contributed by atoms with Gasteiger partial charge in [0.05, 0.1) is 29.9 Å². The molecule has 39 heavy (non-hydrogen) atoms. The van der Waals surface area contributed by atoms with Crippen LogP contribution in [-0.4, -0.2) is 46.6 Å². The molecule has 0 fully saturated rings. The van der Waals surface area contributed by atoms with Crippen molar-refractivity contribution in [2.75, 3.05) is 13.2 Å². The Balaban J connectivity index is 2.00. The Morgan fingerprint density at radius 3 is 2.33 bits per heavy atom. The number of benzene rings is 1. The number of nitrogens with zero attached hydrogens (tertiary/aromatic N) is 2. The highest BCUT2D eigenvalue weighted by Crippen LogP contribution is 2.31. The number of hydrogen-bond acceptors (Lipinski definition) is 8. The van der Waals surface area contributed by atoms with E-state index >= 15 is 0 Å². The SMILES string of the molecule is CCOC(=O)c1sc(CC(=O)/C(C#N)=C/c2cc(C)n(-c3cccc(C(=O)O)c3)c2C)c(C(=O)OCC)c1C. The lowest BCUT2D eigenvalue weighted by Gasteiger charge is -2.10. The zero-order chi connectivity index (χ0) is 28.9. The van der Waals surface area contributed by atoms with Gasteiger partial charge in [0.15, 0.2) is 5.78 Å². The summed E-state index contributed by atoms with van der Waals surface area (Å²) in [6.45, 7) is 8.83. The maximum Gasteiger partial charge on any atom is 0.348 e. The van der Waals surface area contributed by atoms with Crippen molar-refractivity contribution in [1.29, 1.82) is 5.26 Å². The van der Waals surface area contributed by atoms with Crippen LogP contribution in [0.15, 0.2) is 35.9 Å². The Morgan fingerprint density at radius 1 is 1.05 bits per heavy atom. The van der Waals surface area contributed by atoms with Gasteiger partial charge >= 0.3 is 17.9 Å². The Labute approximate surface area is 229 Å². The number of Topliss-reactive ketones (excluding diaryl/α,β-unsaturated/α-hetero) is 1. The van der Waals surface area contributed by atoms with Gasteiger partial charge in [0.2, 0.25) is 0 Å². The Bertz CT molecular complexity index is 1540. The lowest BCUT2D eigenvalue weighted by atomic mass is 10.0. The third-order valence-corrected chi connectivity index (χ3v) is 7.30. The molecule has 3 aromatic rings. The highest BCUT2D eigenvalue weighted by atomic mass is 32.1. The molecule has 0 aliphatic heterocycles. The predicted octanol–water partition coefficient (Wildman–Crippen LogP) is 5.23. The molecule has 0 saturated heterocycles. The van der Waals surface area contributed by atoms with Crippen LogP contribution in [0.1, 0.15) is 71.6 Å². The van der Waals surface area contributed by atoms with Crippen molar-refractivity contribution in [2.24, 2.45) is 0 Å². The number of ether oxygens (including phenoxy) is 2. The van der Waals surface area contributed by atoms with Crippen LogP contribution in [0.3, 0.4) is 0 Å². The van der Waals surface area contributed by atoms with Crippen LogP contribution in [0.4, 0.5) is 0 Å². The quantitative estimate of drug-likeness (QED) is 0.207. The van der Waals surface area contributed by atoms with E-state index < -0.39 is 23.7 Å². The minimum atomic E-state index is -1.05. The molecule has 1 N–H and O–H groups in total. The smallest absolute Gasteiger partial charge is 0.348 e. The van der Waals surface area contributed by atoms with Crippen LogP contribution < -0.4 is 0 Å². The van der Waals surface area contributed by atoms with Crippen molar-refractivity contribution in [3.8, 4) is 11.8 Å². The van der Waals surface area contributed by atoms with Gasteiger partial charge in [-0.2, -0.15) is 5.26 Å². The number of carbonyl (C=O) groups excluding carboxylic acids is 3. The van der Waals surface area contributed by atoms with Crippen molar-refractivity contribution >= 4 is 41.1 Å². The average Bonchev–Trinajstić information content (AvgIpc) is 3.36. The largest absolute Gasteiger partial charge is 0.478 e. The van der Waals surface area contributed by atoms with Gasteiger partial charge in [-0.1, -0.05) is 6.07 Å². The van der Waals surface area contributed by atoms with Gasteiger partial charge < -0.3 is 19.1 Å². The van der Waals surface area contributed by atoms with E-state index in [-0.39, 0.29) is 41.2 Å². The van der Waals surface area contributed by atoms with Crippen LogP contribution >= 0.6 is 11.3 Å². The van der Waals surface area contributed by atoms with Crippen LogP contribution in [-0.2, 0) is 20.7 Å². The summed E-state index contributed by atoms with van der Waals surface area (Å²) in [4.78, 5) is 50.3. The maximum atomic E-state index is 13.3. The molecule has 0 amide bonds. The van der Waals surface area contributed by atoms with E-state index in [1.165, 1.54) is 12.1 Å². The molecule has 3 rings (SSSR count). The molecule has 0 spiro atoms. The summed E-state index contributed by atoms with van der Waals surface area (Å²) < 4.78 is 12.1. The van der Waals surface area contributed by atoms with Crippen LogP contribution in [0.2, 0.25) is 0 Å². The molecule has 0 radical (unpaired) electrons. The number of ketones is 1. The van der Waals surface area contributed by atoms with Crippen molar-refractivity contribution in [1.82, 2.24) is 4.57 Å². The lowest BCUT2D eigenvalue weighted by molar-refractivity contribution is -0.114. The van der Waals surface area contributed by atoms with E-state index in [1.54, 1.807) is 52.0 Å². The number of carboxylic acids is 1. The zero-order valence-corrected chi connectivity index (χ0v) is 23.1. The number of nitriles is 1. The molecule has 0 saturated carbocycles. The number of carboxylic acid groups (broad SMARTS) is 1. The van der Waals surface area contributed by atoms with E-state index in [4.69, 9.17) is 9.47 Å². The monoisotopic (exact) mass is 548 g/mol. The summed E-state index contributed by atoms with van der Waals surface area (Å²) in [5, 5.41) is 19.2. The lowest BCUT2D eigenvalue weighted by Crippen LogP contribution is -2.12. The van der Waals surface area contributed by atoms with Gasteiger partial charge in [-0.05, 0) is 76.1 Å². The number of thiophene rings is 1. The molecule has 0 atom stereocenters. The molecule has 0 bridgehead atoms. The molecular formula is C29H28N2O7S. The standard InChI is InChI=1S/C29H28N2O7S/c1-6-37-28(35)25-17(4)26(29(36)38-7-2)39-24(25)14-23(32)21(15-30)12-20-11-16(3)31(18(20)5)22-10-8-9-19(13-22)27(33)34/h8-13H,6-7,14H2,1-5H3,(H,33,34)/b21-12+. The topological polar surface area (TPSA) is 136 Å². The molecule has 2 aromatic heterocycles.